The van der Waals surface area contributed by atoms with Crippen LogP contribution in [0, 0.1) is 18.3 Å². The molecule has 3 aromatic carbocycles. The second-order valence-corrected chi connectivity index (χ2v) is 14.0. The first-order valence-corrected chi connectivity index (χ1v) is 18.8. The monoisotopic (exact) mass is 812 g/mol. The summed E-state index contributed by atoms with van der Waals surface area (Å²) in [6, 6.07) is 15.6. The number of carbonyl (C=O) groups is 6. The Morgan fingerprint density at radius 3 is 2.47 bits per heavy atom. The fraction of sp³-hybridized carbons (Fsp3) is 0.325. The van der Waals surface area contributed by atoms with Crippen LogP contribution in [0.4, 0.5) is 0 Å². The molecule has 302 valence electrons. The van der Waals surface area contributed by atoms with Crippen molar-refractivity contribution < 1.29 is 43.0 Å². The van der Waals surface area contributed by atoms with E-state index in [0.29, 0.717) is 39.2 Å². The highest BCUT2D eigenvalue weighted by atomic mass is 35.5. The van der Waals surface area contributed by atoms with Gasteiger partial charge in [0.15, 0.2) is 6.61 Å². The van der Waals surface area contributed by atoms with Gasteiger partial charge in [0.2, 0.25) is 17.7 Å². The van der Waals surface area contributed by atoms with Gasteiger partial charge in [-0.3, -0.25) is 49.0 Å². The summed E-state index contributed by atoms with van der Waals surface area (Å²) in [6.07, 6.45) is 0.267. The minimum atomic E-state index is -1.13. The molecule has 0 radical (unpaired) electrons. The number of imide groups is 2. The second kappa shape index (κ2) is 18.2. The number of halogens is 1. The fourth-order valence-electron chi connectivity index (χ4n) is 6.61. The first kappa shape index (κ1) is 41.2. The number of benzene rings is 3. The lowest BCUT2D eigenvalue weighted by Gasteiger charge is -2.27. The molecule has 1 saturated heterocycles. The van der Waals surface area contributed by atoms with Crippen LogP contribution < -0.4 is 25.4 Å². The molecule has 2 unspecified atom stereocenters. The largest absolute Gasteiger partial charge is 0.497 e. The molecule has 6 rings (SSSR count). The number of rotatable bonds is 17. The Labute approximate surface area is 337 Å². The van der Waals surface area contributed by atoms with Crippen molar-refractivity contribution in [3.63, 3.8) is 0 Å². The van der Waals surface area contributed by atoms with Crippen molar-refractivity contribution in [2.75, 3.05) is 40.0 Å². The molecule has 1 aromatic heterocycles. The summed E-state index contributed by atoms with van der Waals surface area (Å²) in [5, 5.41) is 25.8. The van der Waals surface area contributed by atoms with E-state index in [9.17, 15) is 28.8 Å². The highest BCUT2D eigenvalue weighted by Crippen LogP contribution is 2.34. The third kappa shape index (κ3) is 9.05. The van der Waals surface area contributed by atoms with Crippen LogP contribution in [0.5, 0.6) is 11.5 Å². The molecule has 0 aliphatic carbocycles. The molecule has 4 N–H and O–H groups in total. The molecule has 58 heavy (non-hydrogen) atoms. The zero-order chi connectivity index (χ0) is 41.5. The molecule has 3 heterocycles. The number of aryl methyl sites for hydroxylation is 1. The van der Waals surface area contributed by atoms with E-state index in [0.717, 1.165) is 4.90 Å². The van der Waals surface area contributed by atoms with Gasteiger partial charge in [-0.1, -0.05) is 36.7 Å². The number of nitrogens with one attached hydrogen (secondary N) is 4. The van der Waals surface area contributed by atoms with Crippen LogP contribution in [0.1, 0.15) is 63.3 Å². The minimum Gasteiger partial charge on any atom is -0.497 e. The fourth-order valence-corrected chi connectivity index (χ4v) is 6.74. The Bertz CT molecular complexity index is 2280. The highest BCUT2D eigenvalue weighted by Gasteiger charge is 2.46. The molecule has 0 spiro atoms. The molecular formula is C40H41ClN8O9. The van der Waals surface area contributed by atoms with Gasteiger partial charge in [-0.15, -0.1) is 10.2 Å². The lowest BCUT2D eigenvalue weighted by molar-refractivity contribution is -0.136. The molecule has 18 heteroatoms. The Hall–Kier alpha value is -6.46. The van der Waals surface area contributed by atoms with E-state index in [1.165, 1.54) is 18.2 Å². The van der Waals surface area contributed by atoms with Crippen LogP contribution in [0.3, 0.4) is 0 Å². The topological polar surface area (TPSA) is 224 Å². The summed E-state index contributed by atoms with van der Waals surface area (Å²) in [6.45, 7) is 3.79. The summed E-state index contributed by atoms with van der Waals surface area (Å²) < 4.78 is 18.4. The summed E-state index contributed by atoms with van der Waals surface area (Å²) in [4.78, 5) is 76.5. The zero-order valence-corrected chi connectivity index (χ0v) is 32.7. The number of fused-ring (bicyclic) bond motifs is 1. The van der Waals surface area contributed by atoms with E-state index in [1.807, 2.05) is 10.6 Å². The van der Waals surface area contributed by atoms with Crippen molar-refractivity contribution in [1.29, 1.82) is 5.41 Å². The Morgan fingerprint density at radius 2 is 1.74 bits per heavy atom. The van der Waals surface area contributed by atoms with Gasteiger partial charge in [0.05, 0.1) is 42.8 Å². The molecule has 17 nitrogen and oxygen atoms in total. The highest BCUT2D eigenvalue weighted by molar-refractivity contribution is 6.30. The van der Waals surface area contributed by atoms with E-state index in [4.69, 9.17) is 31.2 Å². The summed E-state index contributed by atoms with van der Waals surface area (Å²) >= 11 is 6.08. The van der Waals surface area contributed by atoms with Crippen LogP contribution in [0.15, 0.2) is 60.7 Å². The molecule has 4 aromatic rings. The molecule has 1 fully saturated rings. The number of piperidine rings is 1. The third-order valence-electron chi connectivity index (χ3n) is 9.58. The number of hydrogen-bond acceptors (Lipinski definition) is 12. The summed E-state index contributed by atoms with van der Waals surface area (Å²) in [5.74, 6) is -2.14. The lowest BCUT2D eigenvalue weighted by Crippen LogP contribution is -2.54. The number of methoxy groups -OCH3 is 1. The van der Waals surface area contributed by atoms with Gasteiger partial charge in [-0.25, -0.2) is 0 Å². The molecular weight excluding hydrogens is 772 g/mol. The molecule has 2 aliphatic rings. The first-order chi connectivity index (χ1) is 27.9. The third-order valence-corrected chi connectivity index (χ3v) is 9.83. The average molecular weight is 813 g/mol. The SMILES string of the molecule is COc1ccc(-n2c(C)nnc2CC(C)C(=O)NCCOCCNC(=O)COc2cccc3c2C(=O)N(C2CCC(=O)NC2=O)C3=O)c(C(=N)c2ccc(Cl)cc2)c1. The normalized spacial score (nSPS) is 15.4. The summed E-state index contributed by atoms with van der Waals surface area (Å²) in [7, 11) is 1.55. The van der Waals surface area contributed by atoms with Gasteiger partial charge < -0.3 is 24.8 Å². The van der Waals surface area contributed by atoms with Gasteiger partial charge in [-0.2, -0.15) is 0 Å². The molecule has 0 saturated carbocycles. The minimum absolute atomic E-state index is 0.00792. The molecule has 2 atom stereocenters. The van der Waals surface area contributed by atoms with E-state index in [1.54, 1.807) is 57.4 Å². The van der Waals surface area contributed by atoms with Crippen molar-refractivity contribution in [1.82, 2.24) is 35.6 Å². The van der Waals surface area contributed by atoms with Crippen molar-refractivity contribution in [2.24, 2.45) is 5.92 Å². The first-order valence-electron chi connectivity index (χ1n) is 18.4. The number of ether oxygens (including phenoxy) is 3. The molecule has 6 amide bonds. The van der Waals surface area contributed by atoms with E-state index in [2.05, 4.69) is 26.1 Å². The Kier molecular flexibility index (Phi) is 12.9. The Morgan fingerprint density at radius 1 is 1.00 bits per heavy atom. The van der Waals surface area contributed by atoms with Crippen molar-refractivity contribution in [3.05, 3.63) is 99.6 Å². The second-order valence-electron chi connectivity index (χ2n) is 13.5. The maximum absolute atomic E-state index is 13.2. The van der Waals surface area contributed by atoms with Gasteiger partial charge >= 0.3 is 0 Å². The van der Waals surface area contributed by atoms with Crippen LogP contribution in [0.25, 0.3) is 5.69 Å². The van der Waals surface area contributed by atoms with Gasteiger partial charge in [0.25, 0.3) is 17.7 Å². The predicted octanol–water partition coefficient (Wildman–Crippen LogP) is 2.56. The van der Waals surface area contributed by atoms with E-state index < -0.39 is 48.1 Å². The van der Waals surface area contributed by atoms with Crippen LogP contribution in [-0.2, 0) is 30.3 Å². The smallest absolute Gasteiger partial charge is 0.266 e. The molecule has 0 bridgehead atoms. The maximum Gasteiger partial charge on any atom is 0.266 e. The van der Waals surface area contributed by atoms with Crippen LogP contribution in [0.2, 0.25) is 5.02 Å². The van der Waals surface area contributed by atoms with Crippen molar-refractivity contribution in [3.8, 4) is 17.2 Å². The maximum atomic E-state index is 13.2. The molecule has 2 aliphatic heterocycles. The number of aromatic nitrogens is 3. The van der Waals surface area contributed by atoms with Crippen LogP contribution in [-0.4, -0.2) is 107 Å². The van der Waals surface area contributed by atoms with Gasteiger partial charge in [0, 0.05) is 48.0 Å². The number of amides is 6. The van der Waals surface area contributed by atoms with Crippen LogP contribution >= 0.6 is 11.6 Å². The quantitative estimate of drug-likeness (QED) is 0.0689. The zero-order valence-electron chi connectivity index (χ0n) is 31.9. The standard InChI is InChI=1S/C40H41ClN8O9/c1-22(19-32-47-46-23(2)48(32)29-12-11-26(56-3)20-28(29)36(42)24-7-9-25(41)10-8-24)37(52)44-16-18-57-17-15-43-34(51)21-58-31-6-4-5-27-35(31)40(55)49(39(27)54)30-13-14-33(50)45-38(30)53/h4-12,20,22,30,42H,13-19,21H2,1-3H3,(H,43,51)(H,44,52)(H,45,50,53). The van der Waals surface area contributed by atoms with E-state index in [-0.39, 0.29) is 74.1 Å². The Balaban J connectivity index is 0.939. The number of nitrogens with zero attached hydrogens (tertiary/aromatic N) is 4. The predicted molar refractivity (Wildman–Crippen MR) is 208 cm³/mol. The van der Waals surface area contributed by atoms with Crippen molar-refractivity contribution in [2.45, 2.75) is 39.2 Å². The lowest BCUT2D eigenvalue weighted by atomic mass is 9.99. The average Bonchev–Trinajstić information content (AvgIpc) is 3.70. The number of carbonyl (C=O) groups excluding carboxylic acids is 6. The van der Waals surface area contributed by atoms with Gasteiger partial charge in [-0.05, 0) is 55.8 Å². The van der Waals surface area contributed by atoms with Crippen molar-refractivity contribution >= 4 is 52.8 Å². The number of hydrogen-bond donors (Lipinski definition) is 4. The summed E-state index contributed by atoms with van der Waals surface area (Å²) in [5.41, 5.74) is 2.13. The van der Waals surface area contributed by atoms with Gasteiger partial charge in [0.1, 0.15) is 29.2 Å². The van der Waals surface area contributed by atoms with E-state index >= 15 is 0 Å².